The van der Waals surface area contributed by atoms with Crippen LogP contribution in [0.25, 0.3) is 0 Å². The van der Waals surface area contributed by atoms with E-state index in [9.17, 15) is 0 Å². The number of benzene rings is 2. The van der Waals surface area contributed by atoms with Crippen molar-refractivity contribution in [3.63, 3.8) is 0 Å². The normalized spacial score (nSPS) is 17.1. The Labute approximate surface area is 128 Å². The molecule has 0 saturated heterocycles. The molecule has 104 valence electrons. The number of nitrogens with one attached hydrogen (secondary N) is 1. The highest BCUT2D eigenvalue weighted by Gasteiger charge is 2.22. The molecule has 0 aliphatic carbocycles. The first-order valence-electron chi connectivity index (χ1n) is 6.82. The van der Waals surface area contributed by atoms with Crippen LogP contribution < -0.4 is 10.1 Å². The Bertz CT molecular complexity index is 666. The van der Waals surface area contributed by atoms with Crippen LogP contribution in [0.4, 0.5) is 5.69 Å². The Morgan fingerprint density at radius 2 is 1.90 bits per heavy atom. The second kappa shape index (κ2) is 5.13. The minimum Gasteiger partial charge on any atom is -0.489 e. The summed E-state index contributed by atoms with van der Waals surface area (Å²) >= 11 is 3.47. The van der Waals surface area contributed by atoms with Gasteiger partial charge in [0.25, 0.3) is 0 Å². The number of hydrogen-bond donors (Lipinski definition) is 1. The van der Waals surface area contributed by atoms with Gasteiger partial charge in [-0.3, -0.25) is 0 Å². The zero-order valence-corrected chi connectivity index (χ0v) is 13.5. The van der Waals surface area contributed by atoms with Gasteiger partial charge < -0.3 is 10.1 Å². The van der Waals surface area contributed by atoms with Gasteiger partial charge in [-0.15, -0.1) is 0 Å². The molecule has 1 heterocycles. The van der Waals surface area contributed by atoms with E-state index in [1.807, 2.05) is 12.1 Å². The Hall–Kier alpha value is -1.48. The lowest BCUT2D eigenvalue weighted by atomic mass is 9.94. The van der Waals surface area contributed by atoms with Gasteiger partial charge in [0.05, 0.1) is 11.7 Å². The standard InChI is InChI=1S/C17H18BrNO/c1-10-4-6-14(12(3)11(10)2)16-9-20-17-8-13(18)5-7-15(17)19-16/h4-8,16,19H,9H2,1-3H3. The van der Waals surface area contributed by atoms with Crippen molar-refractivity contribution in [3.05, 3.63) is 57.1 Å². The van der Waals surface area contributed by atoms with Crippen LogP contribution >= 0.6 is 15.9 Å². The Morgan fingerprint density at radius 3 is 2.70 bits per heavy atom. The maximum atomic E-state index is 5.90. The topological polar surface area (TPSA) is 21.3 Å². The molecule has 0 aromatic heterocycles. The number of fused-ring (bicyclic) bond motifs is 1. The van der Waals surface area contributed by atoms with Crippen molar-refractivity contribution in [2.75, 3.05) is 11.9 Å². The number of rotatable bonds is 1. The minimum atomic E-state index is 0.211. The Kier molecular flexibility index (Phi) is 3.47. The fourth-order valence-corrected chi connectivity index (χ4v) is 3.00. The summed E-state index contributed by atoms with van der Waals surface area (Å²) in [4.78, 5) is 0. The van der Waals surface area contributed by atoms with Gasteiger partial charge in [0.15, 0.2) is 0 Å². The molecular weight excluding hydrogens is 314 g/mol. The molecule has 1 aliphatic rings. The fourth-order valence-electron chi connectivity index (χ4n) is 2.66. The number of aryl methyl sites for hydroxylation is 1. The summed E-state index contributed by atoms with van der Waals surface area (Å²) in [5, 5.41) is 3.58. The molecule has 2 aromatic carbocycles. The number of ether oxygens (including phenoxy) is 1. The Morgan fingerprint density at radius 1 is 1.10 bits per heavy atom. The van der Waals surface area contributed by atoms with E-state index < -0.39 is 0 Å². The number of halogens is 1. The molecule has 0 bridgehead atoms. The first kappa shape index (κ1) is 13.5. The van der Waals surface area contributed by atoms with Crippen molar-refractivity contribution in [2.24, 2.45) is 0 Å². The van der Waals surface area contributed by atoms with Gasteiger partial charge in [0.1, 0.15) is 12.4 Å². The van der Waals surface area contributed by atoms with E-state index in [0.717, 1.165) is 15.9 Å². The molecule has 1 aliphatic heterocycles. The third kappa shape index (κ3) is 2.31. The zero-order valence-electron chi connectivity index (χ0n) is 12.0. The van der Waals surface area contributed by atoms with Crippen LogP contribution in [-0.4, -0.2) is 6.61 Å². The number of anilines is 1. The van der Waals surface area contributed by atoms with E-state index in [0.29, 0.717) is 6.61 Å². The van der Waals surface area contributed by atoms with Crippen LogP contribution in [0.15, 0.2) is 34.8 Å². The van der Waals surface area contributed by atoms with Gasteiger partial charge in [-0.2, -0.15) is 0 Å². The molecule has 0 amide bonds. The molecule has 1 unspecified atom stereocenters. The summed E-state index contributed by atoms with van der Waals surface area (Å²) in [5.74, 6) is 0.914. The van der Waals surface area contributed by atoms with E-state index in [2.05, 4.69) is 60.2 Å². The predicted molar refractivity (Wildman–Crippen MR) is 86.7 cm³/mol. The highest BCUT2D eigenvalue weighted by molar-refractivity contribution is 9.10. The van der Waals surface area contributed by atoms with Crippen LogP contribution in [0.5, 0.6) is 5.75 Å². The lowest BCUT2D eigenvalue weighted by Gasteiger charge is -2.29. The van der Waals surface area contributed by atoms with Gasteiger partial charge in [0.2, 0.25) is 0 Å². The zero-order chi connectivity index (χ0) is 14.3. The fraction of sp³-hybridized carbons (Fsp3) is 0.294. The van der Waals surface area contributed by atoms with Crippen LogP contribution in [0.2, 0.25) is 0 Å². The first-order chi connectivity index (χ1) is 9.56. The van der Waals surface area contributed by atoms with Gasteiger partial charge >= 0.3 is 0 Å². The molecule has 2 aromatic rings. The maximum Gasteiger partial charge on any atom is 0.143 e. The summed E-state index contributed by atoms with van der Waals surface area (Å²) in [6, 6.07) is 10.7. The van der Waals surface area contributed by atoms with E-state index in [1.54, 1.807) is 0 Å². The molecule has 1 atom stereocenters. The summed E-state index contributed by atoms with van der Waals surface area (Å²) in [6.45, 7) is 7.19. The molecule has 0 saturated carbocycles. The minimum absolute atomic E-state index is 0.211. The smallest absolute Gasteiger partial charge is 0.143 e. The second-order valence-corrected chi connectivity index (χ2v) is 6.29. The average Bonchev–Trinajstić information content (AvgIpc) is 2.44. The molecule has 0 spiro atoms. The largest absolute Gasteiger partial charge is 0.489 e. The predicted octanol–water partition coefficient (Wildman–Crippen LogP) is 4.92. The van der Waals surface area contributed by atoms with Crippen molar-refractivity contribution < 1.29 is 4.74 Å². The lowest BCUT2D eigenvalue weighted by molar-refractivity contribution is 0.286. The summed E-state index contributed by atoms with van der Waals surface area (Å²) < 4.78 is 6.94. The van der Waals surface area contributed by atoms with E-state index in [4.69, 9.17) is 4.74 Å². The third-order valence-electron chi connectivity index (χ3n) is 4.15. The molecule has 1 N–H and O–H groups in total. The first-order valence-corrected chi connectivity index (χ1v) is 7.61. The highest BCUT2D eigenvalue weighted by Crippen LogP contribution is 2.36. The van der Waals surface area contributed by atoms with Crippen LogP contribution in [0, 0.1) is 20.8 Å². The van der Waals surface area contributed by atoms with Crippen molar-refractivity contribution in [3.8, 4) is 5.75 Å². The van der Waals surface area contributed by atoms with Crippen molar-refractivity contribution in [1.29, 1.82) is 0 Å². The Balaban J connectivity index is 1.94. The number of hydrogen-bond acceptors (Lipinski definition) is 2. The quantitative estimate of drug-likeness (QED) is 0.800. The van der Waals surface area contributed by atoms with Crippen molar-refractivity contribution in [2.45, 2.75) is 26.8 Å². The van der Waals surface area contributed by atoms with Gasteiger partial charge in [-0.1, -0.05) is 28.1 Å². The molecule has 0 fully saturated rings. The molecule has 2 nitrogen and oxygen atoms in total. The summed E-state index contributed by atoms with van der Waals surface area (Å²) in [6.07, 6.45) is 0. The monoisotopic (exact) mass is 331 g/mol. The SMILES string of the molecule is Cc1ccc(C2COc3cc(Br)ccc3N2)c(C)c1C. The molecule has 0 radical (unpaired) electrons. The molecule has 20 heavy (non-hydrogen) atoms. The van der Waals surface area contributed by atoms with Gasteiger partial charge in [-0.25, -0.2) is 0 Å². The lowest BCUT2D eigenvalue weighted by Crippen LogP contribution is -2.24. The molecular formula is C17H18BrNO. The third-order valence-corrected chi connectivity index (χ3v) is 4.65. The van der Waals surface area contributed by atoms with Crippen LogP contribution in [0.1, 0.15) is 28.3 Å². The van der Waals surface area contributed by atoms with E-state index in [-0.39, 0.29) is 6.04 Å². The highest BCUT2D eigenvalue weighted by atomic mass is 79.9. The average molecular weight is 332 g/mol. The van der Waals surface area contributed by atoms with Crippen molar-refractivity contribution in [1.82, 2.24) is 0 Å². The second-order valence-electron chi connectivity index (χ2n) is 5.37. The summed E-state index contributed by atoms with van der Waals surface area (Å²) in [7, 11) is 0. The van der Waals surface area contributed by atoms with Crippen LogP contribution in [-0.2, 0) is 0 Å². The van der Waals surface area contributed by atoms with E-state index >= 15 is 0 Å². The maximum absolute atomic E-state index is 5.90. The van der Waals surface area contributed by atoms with Gasteiger partial charge in [0, 0.05) is 4.47 Å². The molecule has 3 rings (SSSR count). The van der Waals surface area contributed by atoms with Gasteiger partial charge in [-0.05, 0) is 61.2 Å². The summed E-state index contributed by atoms with van der Waals surface area (Å²) in [5.41, 5.74) is 6.44. The van der Waals surface area contributed by atoms with Crippen LogP contribution in [0.3, 0.4) is 0 Å². The van der Waals surface area contributed by atoms with Crippen molar-refractivity contribution >= 4 is 21.6 Å². The molecule has 3 heteroatoms. The van der Waals surface area contributed by atoms with E-state index in [1.165, 1.54) is 22.3 Å².